The molecule has 1 aromatic carbocycles. The van der Waals surface area contributed by atoms with Crippen LogP contribution in [0.2, 0.25) is 5.15 Å². The number of benzene rings is 1. The average molecular weight is 592 g/mol. The van der Waals surface area contributed by atoms with Gasteiger partial charge >= 0.3 is 12.2 Å². The zero-order valence-corrected chi connectivity index (χ0v) is 25.9. The third-order valence-corrected chi connectivity index (χ3v) is 6.90. The maximum Gasteiger partial charge on any atom is 0.508 e. The van der Waals surface area contributed by atoms with Crippen molar-refractivity contribution in [3.05, 3.63) is 29.4 Å². The predicted octanol–water partition coefficient (Wildman–Crippen LogP) is 7.56. The van der Waals surface area contributed by atoms with E-state index in [1.807, 2.05) is 31.2 Å². The molecule has 1 N–H and O–H groups in total. The molecule has 3 rings (SSSR count). The molecule has 12 heteroatoms. The SMILES string of the molecule is CCC(CCNc1nc(N(C)C(=O)OC(C)(C)C)nc(Cl)c1-c1nc2ccccc2s1)COC(=O)OC(C)(C)C. The van der Waals surface area contributed by atoms with E-state index in [1.165, 1.54) is 23.3 Å². The van der Waals surface area contributed by atoms with Crippen LogP contribution in [0.3, 0.4) is 0 Å². The van der Waals surface area contributed by atoms with Crippen LogP contribution in [0.15, 0.2) is 24.3 Å². The van der Waals surface area contributed by atoms with Gasteiger partial charge in [-0.2, -0.15) is 9.97 Å². The summed E-state index contributed by atoms with van der Waals surface area (Å²) in [4.78, 5) is 39.7. The number of nitrogens with zero attached hydrogens (tertiary/aromatic N) is 4. The number of hydrogen-bond donors (Lipinski definition) is 1. The van der Waals surface area contributed by atoms with Gasteiger partial charge in [0.2, 0.25) is 5.95 Å². The first-order valence-corrected chi connectivity index (χ1v) is 14.4. The summed E-state index contributed by atoms with van der Waals surface area (Å²) in [7, 11) is 1.53. The van der Waals surface area contributed by atoms with Crippen LogP contribution >= 0.6 is 22.9 Å². The largest absolute Gasteiger partial charge is 0.508 e. The van der Waals surface area contributed by atoms with Crippen molar-refractivity contribution in [2.75, 3.05) is 30.4 Å². The normalized spacial score (nSPS) is 12.6. The minimum absolute atomic E-state index is 0.0897. The third kappa shape index (κ3) is 8.92. The van der Waals surface area contributed by atoms with Crippen molar-refractivity contribution in [3.63, 3.8) is 0 Å². The second-order valence-electron chi connectivity index (χ2n) is 11.3. The van der Waals surface area contributed by atoms with Crippen LogP contribution in [-0.4, -0.2) is 58.6 Å². The fraction of sp³-hybridized carbons (Fsp3) is 0.536. The summed E-state index contributed by atoms with van der Waals surface area (Å²) >= 11 is 8.18. The number of aromatic nitrogens is 3. The average Bonchev–Trinajstić information content (AvgIpc) is 3.26. The first kappa shape index (κ1) is 31.3. The summed E-state index contributed by atoms with van der Waals surface area (Å²) in [5.74, 6) is 0.617. The summed E-state index contributed by atoms with van der Waals surface area (Å²) in [6.07, 6.45) is 0.186. The summed E-state index contributed by atoms with van der Waals surface area (Å²) < 4.78 is 17.0. The lowest BCUT2D eigenvalue weighted by Gasteiger charge is -2.24. The Labute approximate surface area is 244 Å². The van der Waals surface area contributed by atoms with Crippen LogP contribution in [0.5, 0.6) is 0 Å². The summed E-state index contributed by atoms with van der Waals surface area (Å²) in [5, 5.41) is 4.16. The molecule has 0 fully saturated rings. The maximum atomic E-state index is 12.7. The van der Waals surface area contributed by atoms with E-state index in [9.17, 15) is 9.59 Å². The molecule has 0 aliphatic heterocycles. The third-order valence-electron chi connectivity index (χ3n) is 5.58. The van der Waals surface area contributed by atoms with Crippen LogP contribution in [0, 0.1) is 5.92 Å². The quantitative estimate of drug-likeness (QED) is 0.199. The topological polar surface area (TPSA) is 116 Å². The molecule has 0 aliphatic rings. The van der Waals surface area contributed by atoms with Crippen LogP contribution in [0.4, 0.5) is 21.4 Å². The highest BCUT2D eigenvalue weighted by Crippen LogP contribution is 2.38. The molecule has 218 valence electrons. The van der Waals surface area contributed by atoms with Gasteiger partial charge in [-0.25, -0.2) is 19.5 Å². The summed E-state index contributed by atoms with van der Waals surface area (Å²) in [6, 6.07) is 7.79. The van der Waals surface area contributed by atoms with E-state index in [-0.39, 0.29) is 23.6 Å². The number of anilines is 2. The van der Waals surface area contributed by atoms with Crippen molar-refractivity contribution in [3.8, 4) is 10.6 Å². The minimum Gasteiger partial charge on any atom is -0.443 e. The molecule has 1 amide bonds. The van der Waals surface area contributed by atoms with Crippen molar-refractivity contribution >= 4 is 57.2 Å². The molecule has 3 aromatic rings. The van der Waals surface area contributed by atoms with Gasteiger partial charge in [-0.05, 0) is 72.4 Å². The highest BCUT2D eigenvalue weighted by Gasteiger charge is 2.26. The molecular weight excluding hydrogens is 554 g/mol. The Morgan fingerprint density at radius 1 is 1.05 bits per heavy atom. The zero-order valence-electron chi connectivity index (χ0n) is 24.3. The Balaban J connectivity index is 1.84. The number of carbonyl (C=O) groups is 2. The van der Waals surface area contributed by atoms with Crippen molar-refractivity contribution in [1.82, 2.24) is 15.0 Å². The Morgan fingerprint density at radius 3 is 2.35 bits per heavy atom. The van der Waals surface area contributed by atoms with Crippen LogP contribution in [0.25, 0.3) is 20.8 Å². The number of fused-ring (bicyclic) bond motifs is 1. The van der Waals surface area contributed by atoms with Gasteiger partial charge in [0.05, 0.1) is 22.4 Å². The lowest BCUT2D eigenvalue weighted by Crippen LogP contribution is -2.35. The van der Waals surface area contributed by atoms with Crippen molar-refractivity contribution in [2.45, 2.75) is 72.5 Å². The number of para-hydroxylation sites is 1. The van der Waals surface area contributed by atoms with Crippen molar-refractivity contribution in [2.24, 2.45) is 5.92 Å². The van der Waals surface area contributed by atoms with Gasteiger partial charge < -0.3 is 19.5 Å². The number of nitrogens with one attached hydrogen (secondary N) is 1. The Kier molecular flexibility index (Phi) is 10.2. The Morgan fingerprint density at radius 2 is 1.73 bits per heavy atom. The molecule has 10 nitrogen and oxygen atoms in total. The van der Waals surface area contributed by atoms with E-state index in [0.717, 1.165) is 16.6 Å². The fourth-order valence-corrected chi connectivity index (χ4v) is 4.87. The first-order chi connectivity index (χ1) is 18.7. The molecule has 1 unspecified atom stereocenters. The molecule has 0 saturated carbocycles. The van der Waals surface area contributed by atoms with Crippen LogP contribution in [-0.2, 0) is 14.2 Å². The van der Waals surface area contributed by atoms with E-state index < -0.39 is 23.5 Å². The molecule has 1 atom stereocenters. The molecule has 0 spiro atoms. The zero-order chi connectivity index (χ0) is 29.7. The fourth-order valence-electron chi connectivity index (χ4n) is 3.55. The number of carbonyl (C=O) groups excluding carboxylic acids is 2. The Bertz CT molecular complexity index is 1300. The number of amides is 1. The van der Waals surface area contributed by atoms with Crippen LogP contribution < -0.4 is 10.2 Å². The second kappa shape index (κ2) is 13.0. The van der Waals surface area contributed by atoms with Gasteiger partial charge in [0.1, 0.15) is 27.2 Å². The number of rotatable bonds is 9. The molecule has 0 aliphatic carbocycles. The van der Waals surface area contributed by atoms with Crippen molar-refractivity contribution < 1.29 is 23.8 Å². The van der Waals surface area contributed by atoms with Gasteiger partial charge in [0, 0.05) is 13.6 Å². The van der Waals surface area contributed by atoms with E-state index in [0.29, 0.717) is 29.4 Å². The number of halogens is 1. The lowest BCUT2D eigenvalue weighted by atomic mass is 10.0. The highest BCUT2D eigenvalue weighted by molar-refractivity contribution is 7.21. The van der Waals surface area contributed by atoms with Gasteiger partial charge in [0.15, 0.2) is 0 Å². The molecule has 0 saturated heterocycles. The summed E-state index contributed by atoms with van der Waals surface area (Å²) in [5.41, 5.74) is 0.0775. The number of hydrogen-bond acceptors (Lipinski definition) is 10. The molecule has 40 heavy (non-hydrogen) atoms. The van der Waals surface area contributed by atoms with Gasteiger partial charge in [-0.15, -0.1) is 11.3 Å². The van der Waals surface area contributed by atoms with E-state index >= 15 is 0 Å². The monoisotopic (exact) mass is 591 g/mol. The molecule has 0 radical (unpaired) electrons. The van der Waals surface area contributed by atoms with Crippen molar-refractivity contribution in [1.29, 1.82) is 0 Å². The Hall–Kier alpha value is -3.18. The van der Waals surface area contributed by atoms with Gasteiger partial charge in [-0.3, -0.25) is 0 Å². The molecule has 2 aromatic heterocycles. The van der Waals surface area contributed by atoms with E-state index in [2.05, 4.69) is 15.3 Å². The number of thiazole rings is 1. The lowest BCUT2D eigenvalue weighted by molar-refractivity contribution is -0.0136. The van der Waals surface area contributed by atoms with Gasteiger partial charge in [0.25, 0.3) is 0 Å². The second-order valence-corrected chi connectivity index (χ2v) is 12.7. The maximum absolute atomic E-state index is 12.7. The standard InChI is InChI=1S/C28H38ClN5O5S/c1-9-17(16-37-26(36)39-28(5,6)7)14-15-30-22-20(23-31-18-12-10-11-13-19(18)40-23)21(29)32-24(33-22)34(8)25(35)38-27(2,3)4/h10-13,17H,9,14-16H2,1-8H3,(H,30,32,33). The molecule has 0 bridgehead atoms. The first-order valence-electron chi connectivity index (χ1n) is 13.2. The predicted molar refractivity (Wildman–Crippen MR) is 159 cm³/mol. The number of ether oxygens (including phenoxy) is 3. The molecular formula is C28H38ClN5O5S. The minimum atomic E-state index is -0.687. The molecule has 2 heterocycles. The van der Waals surface area contributed by atoms with Gasteiger partial charge in [-0.1, -0.05) is 30.7 Å². The van der Waals surface area contributed by atoms with Crippen LogP contribution in [0.1, 0.15) is 61.3 Å². The smallest absolute Gasteiger partial charge is 0.443 e. The highest BCUT2D eigenvalue weighted by atomic mass is 35.5. The summed E-state index contributed by atoms with van der Waals surface area (Å²) in [6.45, 7) is 13.5. The van der Waals surface area contributed by atoms with E-state index in [1.54, 1.807) is 41.5 Å². The van der Waals surface area contributed by atoms with E-state index in [4.69, 9.17) is 30.8 Å².